The summed E-state index contributed by atoms with van der Waals surface area (Å²) in [6.45, 7) is 4.78. The average molecular weight is 344 g/mol. The van der Waals surface area contributed by atoms with E-state index in [0.29, 0.717) is 24.5 Å². The number of hydrogen-bond donors (Lipinski definition) is 2. The second-order valence-corrected chi connectivity index (χ2v) is 6.55. The van der Waals surface area contributed by atoms with Gasteiger partial charge in [0.25, 0.3) is 5.91 Å². The third-order valence-electron chi connectivity index (χ3n) is 4.75. The Morgan fingerprint density at radius 1 is 1.40 bits per heavy atom. The molecule has 0 spiro atoms. The molecule has 1 aromatic carbocycles. The van der Waals surface area contributed by atoms with Gasteiger partial charge in [0.1, 0.15) is 5.75 Å². The number of nitrogens with one attached hydrogen (secondary N) is 2. The number of hydrogen-bond acceptors (Lipinski definition) is 4. The van der Waals surface area contributed by atoms with E-state index in [2.05, 4.69) is 22.4 Å². The number of aromatic nitrogens is 2. The second-order valence-electron chi connectivity index (χ2n) is 6.55. The van der Waals surface area contributed by atoms with Crippen LogP contribution in [0.1, 0.15) is 37.2 Å². The van der Waals surface area contributed by atoms with Gasteiger partial charge in [-0.15, -0.1) is 0 Å². The molecule has 2 N–H and O–H groups in total. The highest BCUT2D eigenvalue weighted by Crippen LogP contribution is 2.27. The van der Waals surface area contributed by atoms with Crippen molar-refractivity contribution in [2.24, 2.45) is 5.92 Å². The Bertz CT molecular complexity index is 786. The first-order valence-corrected chi connectivity index (χ1v) is 8.62. The van der Waals surface area contributed by atoms with Crippen LogP contribution in [-0.4, -0.2) is 53.2 Å². The number of likely N-dealkylation sites (tertiary alicyclic amines) is 1. The Morgan fingerprint density at radius 2 is 2.20 bits per heavy atom. The van der Waals surface area contributed by atoms with E-state index in [1.54, 1.807) is 12.0 Å². The van der Waals surface area contributed by atoms with E-state index in [9.17, 15) is 9.59 Å². The van der Waals surface area contributed by atoms with E-state index >= 15 is 0 Å². The molecule has 134 valence electrons. The maximum atomic E-state index is 13.0. The molecule has 2 heterocycles. The minimum atomic E-state index is -0.117. The summed E-state index contributed by atoms with van der Waals surface area (Å²) in [7, 11) is 1.59. The van der Waals surface area contributed by atoms with Gasteiger partial charge < -0.3 is 15.0 Å². The zero-order valence-corrected chi connectivity index (χ0v) is 14.8. The van der Waals surface area contributed by atoms with E-state index in [-0.39, 0.29) is 23.8 Å². The quantitative estimate of drug-likeness (QED) is 0.868. The number of aromatic amines is 1. The Hall–Kier alpha value is -2.57. The number of benzene rings is 1. The molecule has 1 fully saturated rings. The number of fused-ring (bicyclic) bond motifs is 1. The lowest BCUT2D eigenvalue weighted by atomic mass is 9.98. The molecule has 0 unspecified atom stereocenters. The van der Waals surface area contributed by atoms with Crippen molar-refractivity contribution in [2.45, 2.75) is 32.7 Å². The van der Waals surface area contributed by atoms with E-state index in [0.717, 1.165) is 23.7 Å². The summed E-state index contributed by atoms with van der Waals surface area (Å²) in [6, 6.07) is 5.49. The molecular formula is C18H24N4O3. The van der Waals surface area contributed by atoms with E-state index in [1.807, 2.05) is 18.2 Å². The Balaban J connectivity index is 1.84. The molecule has 2 aromatic rings. The number of nitrogens with zero attached hydrogens (tertiary/aromatic N) is 2. The topological polar surface area (TPSA) is 87.3 Å². The van der Waals surface area contributed by atoms with Crippen molar-refractivity contribution in [3.05, 3.63) is 23.9 Å². The smallest absolute Gasteiger partial charge is 0.275 e. The Kier molecular flexibility index (Phi) is 4.92. The predicted molar refractivity (Wildman–Crippen MR) is 94.6 cm³/mol. The number of rotatable bonds is 5. The van der Waals surface area contributed by atoms with Crippen LogP contribution < -0.4 is 10.1 Å². The minimum Gasteiger partial charge on any atom is -0.497 e. The molecule has 1 aromatic heterocycles. The first kappa shape index (κ1) is 17.3. The van der Waals surface area contributed by atoms with E-state index in [4.69, 9.17) is 4.74 Å². The monoisotopic (exact) mass is 344 g/mol. The van der Waals surface area contributed by atoms with Crippen molar-refractivity contribution in [1.82, 2.24) is 20.4 Å². The van der Waals surface area contributed by atoms with Gasteiger partial charge in [-0.05, 0) is 30.5 Å². The summed E-state index contributed by atoms with van der Waals surface area (Å²) < 4.78 is 5.25. The van der Waals surface area contributed by atoms with E-state index in [1.165, 1.54) is 6.92 Å². The summed E-state index contributed by atoms with van der Waals surface area (Å²) >= 11 is 0. The van der Waals surface area contributed by atoms with Gasteiger partial charge in [-0.3, -0.25) is 14.7 Å². The van der Waals surface area contributed by atoms with Crippen molar-refractivity contribution in [3.63, 3.8) is 0 Å². The molecule has 2 atom stereocenters. The number of amides is 2. The number of methoxy groups -OCH3 is 1. The predicted octanol–water partition coefficient (Wildman–Crippen LogP) is 1.95. The highest BCUT2D eigenvalue weighted by atomic mass is 16.5. The van der Waals surface area contributed by atoms with Crippen molar-refractivity contribution in [1.29, 1.82) is 0 Å². The third kappa shape index (κ3) is 3.45. The second kappa shape index (κ2) is 7.13. The fraction of sp³-hybridized carbons (Fsp3) is 0.500. The van der Waals surface area contributed by atoms with Crippen LogP contribution in [0.15, 0.2) is 18.2 Å². The van der Waals surface area contributed by atoms with Crippen LogP contribution in [0.3, 0.4) is 0 Å². The molecule has 3 rings (SSSR count). The molecule has 0 aliphatic carbocycles. The fourth-order valence-corrected chi connectivity index (χ4v) is 3.56. The number of carbonyl (C=O) groups is 2. The molecule has 1 aliphatic heterocycles. The summed E-state index contributed by atoms with van der Waals surface area (Å²) in [5.41, 5.74) is 1.19. The minimum absolute atomic E-state index is 0.00106. The van der Waals surface area contributed by atoms with Gasteiger partial charge in [0.2, 0.25) is 5.91 Å². The van der Waals surface area contributed by atoms with Crippen LogP contribution in [0.5, 0.6) is 5.75 Å². The third-order valence-corrected chi connectivity index (χ3v) is 4.75. The molecule has 7 heteroatoms. The number of H-pyrrole nitrogens is 1. The first-order chi connectivity index (χ1) is 12.0. The summed E-state index contributed by atoms with van der Waals surface area (Å²) in [5.74, 6) is 0.783. The Labute approximate surface area is 146 Å². The van der Waals surface area contributed by atoms with Crippen molar-refractivity contribution in [3.8, 4) is 5.75 Å². The maximum Gasteiger partial charge on any atom is 0.275 e. The van der Waals surface area contributed by atoms with Gasteiger partial charge in [-0.2, -0.15) is 5.10 Å². The van der Waals surface area contributed by atoms with Gasteiger partial charge in [0.05, 0.1) is 18.7 Å². The molecule has 0 bridgehead atoms. The largest absolute Gasteiger partial charge is 0.497 e. The molecule has 0 radical (unpaired) electrons. The van der Waals surface area contributed by atoms with Crippen LogP contribution in [0.25, 0.3) is 10.9 Å². The highest BCUT2D eigenvalue weighted by molar-refractivity contribution is 6.05. The molecule has 2 amide bonds. The zero-order valence-electron chi connectivity index (χ0n) is 14.8. The van der Waals surface area contributed by atoms with Gasteiger partial charge >= 0.3 is 0 Å². The standard InChI is InChI=1S/C18H24N4O3/c1-4-5-12-9-22(10-16(12)19-11(2)23)18(24)17-14-8-13(25-3)6-7-15(14)20-21-17/h6-8,12,16H,4-5,9-10H2,1-3H3,(H,19,23)(H,20,21)/t12-,16-/m1/s1. The van der Waals surface area contributed by atoms with Crippen molar-refractivity contribution in [2.75, 3.05) is 20.2 Å². The van der Waals surface area contributed by atoms with Gasteiger partial charge in [0, 0.05) is 25.4 Å². The Morgan fingerprint density at radius 3 is 2.88 bits per heavy atom. The van der Waals surface area contributed by atoms with Crippen molar-refractivity contribution < 1.29 is 14.3 Å². The van der Waals surface area contributed by atoms with Crippen LogP contribution >= 0.6 is 0 Å². The average Bonchev–Trinajstić information content (AvgIpc) is 3.18. The zero-order chi connectivity index (χ0) is 18.0. The molecular weight excluding hydrogens is 320 g/mol. The lowest BCUT2D eigenvalue weighted by Gasteiger charge is -2.17. The molecule has 0 saturated carbocycles. The summed E-state index contributed by atoms with van der Waals surface area (Å²) in [5, 5.41) is 10.8. The lowest BCUT2D eigenvalue weighted by Crippen LogP contribution is -2.39. The van der Waals surface area contributed by atoms with Crippen LogP contribution in [0.2, 0.25) is 0 Å². The molecule has 1 aliphatic rings. The van der Waals surface area contributed by atoms with Crippen LogP contribution in [0.4, 0.5) is 0 Å². The summed E-state index contributed by atoms with van der Waals surface area (Å²) in [6.07, 6.45) is 2.00. The van der Waals surface area contributed by atoms with E-state index < -0.39 is 0 Å². The van der Waals surface area contributed by atoms with Gasteiger partial charge in [0.15, 0.2) is 5.69 Å². The summed E-state index contributed by atoms with van der Waals surface area (Å²) in [4.78, 5) is 26.2. The first-order valence-electron chi connectivity index (χ1n) is 8.62. The van der Waals surface area contributed by atoms with Gasteiger partial charge in [-0.25, -0.2) is 0 Å². The van der Waals surface area contributed by atoms with Crippen LogP contribution in [0, 0.1) is 5.92 Å². The fourth-order valence-electron chi connectivity index (χ4n) is 3.56. The SMILES string of the molecule is CCC[C@@H]1CN(C(=O)c2n[nH]c3ccc(OC)cc23)C[C@H]1NC(C)=O. The highest BCUT2D eigenvalue weighted by Gasteiger charge is 2.36. The normalized spacial score (nSPS) is 20.0. The number of ether oxygens (including phenoxy) is 1. The maximum absolute atomic E-state index is 13.0. The molecule has 25 heavy (non-hydrogen) atoms. The molecule has 7 nitrogen and oxygen atoms in total. The lowest BCUT2D eigenvalue weighted by molar-refractivity contribution is -0.119. The van der Waals surface area contributed by atoms with Gasteiger partial charge in [-0.1, -0.05) is 13.3 Å². The van der Waals surface area contributed by atoms with Crippen molar-refractivity contribution >= 4 is 22.7 Å². The molecule has 1 saturated heterocycles. The van der Waals surface area contributed by atoms with Crippen LogP contribution in [-0.2, 0) is 4.79 Å². The number of carbonyl (C=O) groups excluding carboxylic acids is 2.